The van der Waals surface area contributed by atoms with Gasteiger partial charge < -0.3 is 48.8 Å². The Bertz CT molecular complexity index is 6540. The first-order valence-electron chi connectivity index (χ1n) is 43.3. The van der Waals surface area contributed by atoms with Gasteiger partial charge in [-0.3, -0.25) is 9.59 Å². The van der Waals surface area contributed by atoms with Gasteiger partial charge in [-0.25, -0.2) is 33.6 Å². The summed E-state index contributed by atoms with van der Waals surface area (Å²) in [4.78, 5) is 66.4. The fourth-order valence-electron chi connectivity index (χ4n) is 16.0. The lowest BCUT2D eigenvalue weighted by molar-refractivity contribution is -0.192. The molecule has 0 fully saturated rings. The highest BCUT2D eigenvalue weighted by atomic mass is 35.5. The lowest BCUT2D eigenvalue weighted by Gasteiger charge is -2.26. The predicted octanol–water partition coefficient (Wildman–Crippen LogP) is 25.4. The molecule has 0 saturated heterocycles. The van der Waals surface area contributed by atoms with Crippen LogP contribution in [0.15, 0.2) is 140 Å². The zero-order chi connectivity index (χ0) is 101. The number of aromatic carboxylic acids is 2. The summed E-state index contributed by atoms with van der Waals surface area (Å²) in [6.45, 7) is 6.65. The van der Waals surface area contributed by atoms with E-state index in [4.69, 9.17) is 206 Å². The van der Waals surface area contributed by atoms with E-state index >= 15 is 0 Å². The molecule has 738 valence electrons. The number of ether oxygens (including phenoxy) is 6. The van der Waals surface area contributed by atoms with Crippen molar-refractivity contribution in [1.29, 1.82) is 0 Å². The number of aromatic nitrogens is 9. The monoisotopic (exact) mass is 2190 g/mol. The topological polar surface area (TPSA) is 342 Å². The number of carbonyl (C=O) groups is 6. The highest BCUT2D eigenvalue weighted by molar-refractivity contribution is 6.45. The van der Waals surface area contributed by atoms with E-state index in [9.17, 15) is 47.4 Å². The van der Waals surface area contributed by atoms with Crippen molar-refractivity contribution in [2.24, 2.45) is 0 Å². The van der Waals surface area contributed by atoms with Crippen LogP contribution in [0.5, 0.6) is 29.1 Å². The van der Waals surface area contributed by atoms with Crippen LogP contribution in [0.4, 0.5) is 13.2 Å². The molecule has 0 bridgehead atoms. The molecule has 19 rings (SSSR count). The van der Waals surface area contributed by atoms with Crippen molar-refractivity contribution in [3.8, 4) is 29.1 Å². The first-order valence-corrected chi connectivity index (χ1v) is 48.6. The van der Waals surface area contributed by atoms with Gasteiger partial charge in [-0.15, -0.1) is 10.2 Å². The van der Waals surface area contributed by atoms with Crippen molar-refractivity contribution in [3.63, 3.8) is 0 Å². The average Bonchev–Trinajstić information content (AvgIpc) is 1.57. The van der Waals surface area contributed by atoms with Gasteiger partial charge in [0.25, 0.3) is 5.88 Å². The van der Waals surface area contributed by atoms with Crippen LogP contribution in [0.3, 0.4) is 0 Å². The number of halogens is 17. The van der Waals surface area contributed by atoms with Crippen molar-refractivity contribution < 1.29 is 90.8 Å². The molecule has 0 saturated carbocycles. The minimum atomic E-state index is -5.08. The Kier molecular flexibility index (Phi) is 38.9. The Balaban J connectivity index is 0.000000149. The molecule has 3 aromatic heterocycles. The van der Waals surface area contributed by atoms with E-state index in [1.54, 1.807) is 44.0 Å². The summed E-state index contributed by atoms with van der Waals surface area (Å²) in [5, 5.41) is 68.2. The molecular formula is C98H86Cl14F3N9O16. The number of benzene rings is 9. The lowest BCUT2D eigenvalue weighted by Crippen LogP contribution is -2.27. The van der Waals surface area contributed by atoms with Crippen molar-refractivity contribution in [2.45, 2.75) is 173 Å². The van der Waals surface area contributed by atoms with Crippen LogP contribution < -0.4 is 23.7 Å². The molecule has 3 heterocycles. The van der Waals surface area contributed by atoms with E-state index in [0.29, 0.717) is 134 Å². The number of alkyl halides is 3. The van der Waals surface area contributed by atoms with Crippen LogP contribution in [-0.4, -0.2) is 153 Å². The maximum Gasteiger partial charge on any atom is 0.490 e. The number of rotatable bonds is 16. The zero-order valence-corrected chi connectivity index (χ0v) is 85.0. The Hall–Kier alpha value is -9.83. The molecular weight excluding hydrogens is 2110 g/mol. The van der Waals surface area contributed by atoms with Crippen molar-refractivity contribution in [2.75, 3.05) is 20.8 Å². The minimum absolute atomic E-state index is 0.0102. The number of carboxylic acids is 3. The molecule has 4 atom stereocenters. The molecule has 0 amide bonds. The number of nitrogens with one attached hydrogen (secondary N) is 1. The molecule has 140 heavy (non-hydrogen) atoms. The van der Waals surface area contributed by atoms with Gasteiger partial charge in [0.1, 0.15) is 35.6 Å². The molecule has 0 radical (unpaired) electrons. The number of Topliss-reactive ketones (excluding diaryl/α,β-unsaturated/α-hetero) is 2. The summed E-state index contributed by atoms with van der Waals surface area (Å²) < 4.78 is 68.4. The molecule has 9 aromatic carbocycles. The second-order valence-corrected chi connectivity index (χ2v) is 38.4. The van der Waals surface area contributed by atoms with Crippen LogP contribution >= 0.6 is 162 Å². The average molecular weight is 2200 g/mol. The number of esters is 1. The first kappa shape index (κ1) is 109. The number of methoxy groups -OCH3 is 2. The molecule has 7 aliphatic carbocycles. The molecule has 7 aliphatic rings. The Morgan fingerprint density at radius 3 is 1.19 bits per heavy atom. The molecule has 4 unspecified atom stereocenters. The molecule has 12 aromatic rings. The zero-order valence-electron chi connectivity index (χ0n) is 74.5. The fraction of sp³-hybridized carbons (Fsp3) is 0.306. The summed E-state index contributed by atoms with van der Waals surface area (Å²) in [6, 6.07) is 41.0. The van der Waals surface area contributed by atoms with Crippen LogP contribution in [0.2, 0.25) is 70.3 Å². The predicted molar refractivity (Wildman–Crippen MR) is 534 cm³/mol. The number of allylic oxidation sites excluding steroid dienone is 1. The second kappa shape index (κ2) is 49.9. The van der Waals surface area contributed by atoms with Crippen LogP contribution in [0.25, 0.3) is 5.57 Å². The fourth-order valence-corrected chi connectivity index (χ4v) is 18.6. The maximum absolute atomic E-state index is 12.5. The number of aliphatic carboxylic acids is 1. The largest absolute Gasteiger partial charge is 0.497 e. The smallest absolute Gasteiger partial charge is 0.490 e. The van der Waals surface area contributed by atoms with Gasteiger partial charge in [0, 0.05) is 44.1 Å². The van der Waals surface area contributed by atoms with Gasteiger partial charge in [-0.05, 0) is 289 Å². The number of carboxylic acid groups (broad SMARTS) is 3. The molecule has 5 N–H and O–H groups in total. The van der Waals surface area contributed by atoms with E-state index in [-0.39, 0.29) is 71.4 Å². The van der Waals surface area contributed by atoms with Crippen LogP contribution in [-0.2, 0) is 104 Å². The minimum Gasteiger partial charge on any atom is -0.497 e. The van der Waals surface area contributed by atoms with Crippen molar-refractivity contribution >= 4 is 203 Å². The number of H-pyrrole nitrogens is 1. The number of ketones is 2. The van der Waals surface area contributed by atoms with E-state index in [1.807, 2.05) is 115 Å². The number of aliphatic hydroxyl groups is 1. The first-order chi connectivity index (χ1) is 66.6. The number of aromatic amines is 1. The number of hydrogen-bond acceptors (Lipinski definition) is 19. The molecule has 0 aliphatic heterocycles. The van der Waals surface area contributed by atoms with E-state index in [1.165, 1.54) is 26.9 Å². The summed E-state index contributed by atoms with van der Waals surface area (Å²) >= 11 is 83.5. The number of nitrogens with zero attached hydrogens (tertiary/aromatic N) is 8. The number of aryl methyl sites for hydroxylation is 7. The summed E-state index contributed by atoms with van der Waals surface area (Å²) in [5.74, 6) is -3.25. The second-order valence-electron chi connectivity index (χ2n) is 32.7. The highest BCUT2D eigenvalue weighted by Crippen LogP contribution is 2.41. The van der Waals surface area contributed by atoms with E-state index in [2.05, 4.69) is 42.6 Å². The number of fused-ring (bicyclic) bond motifs is 7. The van der Waals surface area contributed by atoms with Gasteiger partial charge in [0.2, 0.25) is 28.8 Å². The lowest BCUT2D eigenvalue weighted by atomic mass is 9.90. The third-order valence-corrected chi connectivity index (χ3v) is 28.2. The van der Waals surface area contributed by atoms with E-state index < -0.39 is 30.1 Å². The Labute approximate surface area is 871 Å². The quantitative estimate of drug-likeness (QED) is 0.0561. The van der Waals surface area contributed by atoms with Crippen molar-refractivity contribution in [1.82, 2.24) is 45.4 Å². The van der Waals surface area contributed by atoms with Crippen LogP contribution in [0, 0.1) is 0 Å². The third-order valence-electron chi connectivity index (χ3n) is 23.2. The number of hydrogen-bond donors (Lipinski definition) is 5. The van der Waals surface area contributed by atoms with Gasteiger partial charge in [-0.1, -0.05) is 214 Å². The number of aliphatic hydroxyl groups excluding tert-OH is 1. The van der Waals surface area contributed by atoms with Gasteiger partial charge in [0.15, 0.2) is 5.78 Å². The third kappa shape index (κ3) is 29.3. The van der Waals surface area contributed by atoms with E-state index in [0.717, 1.165) is 161 Å². The molecule has 25 nitrogen and oxygen atoms in total. The summed E-state index contributed by atoms with van der Waals surface area (Å²) in [5.41, 5.74) is 18.2. The van der Waals surface area contributed by atoms with Gasteiger partial charge in [-0.2, -0.15) is 13.2 Å². The standard InChI is InChI=1S/C23H23Cl2N3O4.C21H19Cl2N3O4.C13H11Cl2N3O3.C10H10Cl2O.C10H8Cl2O.C10H8Cl2.C9H6Cl2O.C2HF3O2/c1-3-31-23(29)21-22(28(27-26-21)13-14-4-7-17(30-2)8-5-14)32-18-9-6-15-11-19(24)20(25)12-16(15)10-18;1-29-15-5-2-12(3-6-15)11-26-20(19(21(27)28)24-25-26)30-16-7-4-13-9-17(22)18(23)10-14(13)8-16;14-9-4-6-1-2-8(3-7(6)5-10(9)15)21-12-11(13(19)20)16-18-17-12;2*11-9-4-6-1-2-8(13)3-7(6)5-10(9)12;1-6-2-3-7-4-9(11)10(12)5-8(6)7;10-7-3-5-1-2-9(12)6(5)4-8(7)11;3-2(4,5)1(6)7/h4-5,7-8,11-12,18H,3,6,9-10,13H2,1-2H3;2-3,5-6,9-10,16H,4,7-8,11H2,1H3,(H,27,28);4-5,8H,1-3H2,(H,19,20)(H,16,17,18);4-5,8,13H,1-3H2;4-5H,1-3H2;4-5H,1-3H2;3-4H,1-2H2;(H,6,7). The number of carbonyl (C=O) groups excluding carboxylic acids is 3. The normalized spacial score (nSPS) is 16.0. The summed E-state index contributed by atoms with van der Waals surface area (Å²) in [6.07, 6.45) is 8.41. The Morgan fingerprint density at radius 2 is 0.779 bits per heavy atom. The van der Waals surface area contributed by atoms with Crippen molar-refractivity contribution in [3.05, 3.63) is 316 Å². The maximum atomic E-state index is 12.5. The summed E-state index contributed by atoms with van der Waals surface area (Å²) in [7, 11) is 3.22. The van der Waals surface area contributed by atoms with Gasteiger partial charge >= 0.3 is 30.1 Å². The molecule has 0 spiro atoms. The molecule has 42 heteroatoms. The highest BCUT2D eigenvalue weighted by Gasteiger charge is 2.39. The Morgan fingerprint density at radius 1 is 0.429 bits per heavy atom. The van der Waals surface area contributed by atoms with Crippen LogP contribution in [0.1, 0.15) is 177 Å². The SMILES string of the molecule is C=C1CCc2cc(Cl)c(Cl)cc21.CCOC(=O)c1nnn(Cc2ccc(OC)cc2)c1OC1CCc2cc(Cl)c(Cl)cc2C1.COc1ccc(Cn2nnc(C(=O)O)c2OC2CCc3cc(Cl)c(Cl)cc3C2)cc1.O=C(O)C(F)(F)F.O=C(O)c1[nH]nnc1OC1CCc2cc(Cl)c(Cl)cc2C1.O=C1CCc2cc(Cl)c(Cl)cc21.O=C1CCc2cc(Cl)c(Cl)cc2C1.OC1CCc2cc(Cl)c(Cl)cc2C1. The van der Waals surface area contributed by atoms with Gasteiger partial charge in [0.05, 0.1) is 110 Å².